The molecular weight excluding hydrogens is 1310 g/mol. The van der Waals surface area contributed by atoms with Gasteiger partial charge in [-0.2, -0.15) is 0 Å². The van der Waals surface area contributed by atoms with Crippen LogP contribution in [0.2, 0.25) is 0 Å². The fourth-order valence-electron chi connectivity index (χ4n) is 18.4. The molecule has 1 aliphatic rings. The molecule has 3 nitrogen and oxygen atoms in total. The van der Waals surface area contributed by atoms with E-state index in [4.69, 9.17) is 8.83 Å². The highest BCUT2D eigenvalue weighted by Gasteiger charge is 2.35. The van der Waals surface area contributed by atoms with Crippen molar-refractivity contribution >= 4 is 130 Å². The Balaban J connectivity index is 0.000000134. The second-order valence-electron chi connectivity index (χ2n) is 29.6. The van der Waals surface area contributed by atoms with E-state index in [-0.39, 0.29) is 5.41 Å². The second-order valence-corrected chi connectivity index (χ2v) is 29.6. The predicted molar refractivity (Wildman–Crippen MR) is 457 cm³/mol. The summed E-state index contributed by atoms with van der Waals surface area (Å²) in [6.07, 6.45) is 0. The van der Waals surface area contributed by atoms with Crippen LogP contribution in [0, 0.1) is 0 Å². The van der Waals surface area contributed by atoms with Crippen LogP contribution in [0.5, 0.6) is 0 Å². The number of hydrogen-bond acceptors (Lipinski definition) is 2. The van der Waals surface area contributed by atoms with Gasteiger partial charge in [-0.25, -0.2) is 0 Å². The minimum absolute atomic E-state index is 0.0227. The predicted octanol–water partition coefficient (Wildman–Crippen LogP) is 29.5. The number of benzene rings is 19. The van der Waals surface area contributed by atoms with Gasteiger partial charge >= 0.3 is 0 Å². The molecule has 3 heteroatoms. The molecule has 1 aliphatic carbocycles. The van der Waals surface area contributed by atoms with Crippen LogP contribution >= 0.6 is 0 Å². The summed E-state index contributed by atoms with van der Waals surface area (Å²) in [5, 5.41) is 21.7. The molecule has 0 N–H and O–H groups in total. The molecule has 3 aromatic heterocycles. The molecule has 0 aliphatic heterocycles. The highest BCUT2D eigenvalue weighted by Crippen LogP contribution is 2.52. The molecule has 3 heterocycles. The van der Waals surface area contributed by atoms with E-state index in [9.17, 15) is 0 Å². The van der Waals surface area contributed by atoms with Gasteiger partial charge in [0.1, 0.15) is 22.3 Å². The first-order valence-electron chi connectivity index (χ1n) is 37.4. The van der Waals surface area contributed by atoms with Crippen molar-refractivity contribution in [2.75, 3.05) is 0 Å². The van der Waals surface area contributed by atoms with Crippen LogP contribution in [0.4, 0.5) is 0 Å². The minimum Gasteiger partial charge on any atom is -0.455 e. The van der Waals surface area contributed by atoms with Gasteiger partial charge in [0.15, 0.2) is 0 Å². The Bertz CT molecular complexity index is 7380. The third-order valence-electron chi connectivity index (χ3n) is 23.4. The molecule has 0 bridgehead atoms. The Hall–Kier alpha value is -13.9. The lowest BCUT2D eigenvalue weighted by molar-refractivity contribution is 0.660. The van der Waals surface area contributed by atoms with Crippen LogP contribution in [0.25, 0.3) is 214 Å². The van der Waals surface area contributed by atoms with Gasteiger partial charge in [-0.3, -0.25) is 0 Å². The molecule has 0 saturated heterocycles. The summed E-state index contributed by atoms with van der Waals surface area (Å²) in [4.78, 5) is 0. The lowest BCUT2D eigenvalue weighted by Gasteiger charge is -2.22. The van der Waals surface area contributed by atoms with Gasteiger partial charge in [0.05, 0.1) is 11.0 Å². The fourth-order valence-corrected chi connectivity index (χ4v) is 18.4. The lowest BCUT2D eigenvalue weighted by atomic mass is 9.81. The van der Waals surface area contributed by atoms with E-state index in [2.05, 4.69) is 388 Å². The maximum atomic E-state index is 6.51. The molecule has 23 rings (SSSR count). The SMILES string of the molecule is CC1(C)c2ccccc2-c2ccc(-c3ccc(-c4c5ccccc5c(-c5ccc6oc7c8ccccc8ccc7c6c5)c5ccccc45)cc3)cc21.c1ccc(-n2c3ccccc3c3cc(-c4ccc(-c5c6ccccc6c(-c6ccc7oc8c9ccccc9ccc8c7c6)c6ccccc56)cc4)ccc32)cc1. The summed E-state index contributed by atoms with van der Waals surface area (Å²) in [7, 11) is 0. The van der Waals surface area contributed by atoms with Crippen LogP contribution in [-0.4, -0.2) is 4.57 Å². The zero-order valence-corrected chi connectivity index (χ0v) is 59.5. The number of furan rings is 2. The van der Waals surface area contributed by atoms with Gasteiger partial charge in [0.2, 0.25) is 0 Å². The third kappa shape index (κ3) is 9.48. The van der Waals surface area contributed by atoms with Gasteiger partial charge in [-0.15, -0.1) is 0 Å². The van der Waals surface area contributed by atoms with E-state index in [1.807, 2.05) is 0 Å². The van der Waals surface area contributed by atoms with Crippen molar-refractivity contribution in [2.24, 2.45) is 0 Å². The van der Waals surface area contributed by atoms with Crippen LogP contribution in [0.1, 0.15) is 25.0 Å². The molecule has 0 fully saturated rings. The number of hydrogen-bond donors (Lipinski definition) is 0. The molecule has 0 radical (unpaired) electrons. The largest absolute Gasteiger partial charge is 0.455 e. The van der Waals surface area contributed by atoms with Crippen molar-refractivity contribution in [1.82, 2.24) is 4.57 Å². The first kappa shape index (κ1) is 61.6. The molecule has 0 unspecified atom stereocenters. The smallest absolute Gasteiger partial charge is 0.143 e. The lowest BCUT2D eigenvalue weighted by Crippen LogP contribution is -2.14. The first-order chi connectivity index (χ1) is 53.3. The topological polar surface area (TPSA) is 31.2 Å². The summed E-state index contributed by atoms with van der Waals surface area (Å²) >= 11 is 0. The zero-order valence-electron chi connectivity index (χ0n) is 59.5. The van der Waals surface area contributed by atoms with E-state index >= 15 is 0 Å². The highest BCUT2D eigenvalue weighted by atomic mass is 16.3. The molecule has 0 atom stereocenters. The molecule has 0 spiro atoms. The van der Waals surface area contributed by atoms with Crippen LogP contribution in [0.3, 0.4) is 0 Å². The minimum atomic E-state index is -0.0227. The summed E-state index contributed by atoms with van der Waals surface area (Å²) in [6.45, 7) is 4.70. The van der Waals surface area contributed by atoms with E-state index in [1.165, 1.54) is 170 Å². The zero-order chi connectivity index (χ0) is 71.3. The number of nitrogens with zero attached hydrogens (tertiary/aromatic N) is 1. The number of rotatable bonds is 7. The van der Waals surface area contributed by atoms with Crippen LogP contribution in [-0.2, 0) is 5.41 Å². The molecule has 0 saturated carbocycles. The van der Waals surface area contributed by atoms with E-state index in [1.54, 1.807) is 0 Å². The maximum absolute atomic E-state index is 6.51. The average Bonchev–Trinajstić information content (AvgIpc) is 1.00. The van der Waals surface area contributed by atoms with Crippen LogP contribution < -0.4 is 0 Å². The highest BCUT2D eigenvalue weighted by molar-refractivity contribution is 6.25. The first-order valence-corrected chi connectivity index (χ1v) is 37.4. The Morgan fingerprint density at radius 1 is 0.213 bits per heavy atom. The molecular formula is C105H67NO2. The van der Waals surface area contributed by atoms with Crippen LogP contribution in [0.15, 0.2) is 379 Å². The van der Waals surface area contributed by atoms with Crippen molar-refractivity contribution < 1.29 is 8.83 Å². The summed E-state index contributed by atoms with van der Waals surface area (Å²) in [5.41, 5.74) is 27.6. The van der Waals surface area contributed by atoms with Gasteiger partial charge in [0, 0.05) is 54.2 Å². The van der Waals surface area contributed by atoms with E-state index in [0.717, 1.165) is 54.6 Å². The monoisotopic (exact) mass is 1370 g/mol. The number of fused-ring (bicyclic) bond motifs is 20. The van der Waals surface area contributed by atoms with Crippen molar-refractivity contribution in [3.8, 4) is 83.6 Å². The Morgan fingerprint density at radius 3 is 1.06 bits per heavy atom. The van der Waals surface area contributed by atoms with Crippen molar-refractivity contribution in [1.29, 1.82) is 0 Å². The average molecular weight is 1370 g/mol. The standard InChI is InChI=1S/C54H33NO.C51H34O/c1-2-13-39(14-3-1)55-49-21-11-10-16-41(49)47-32-37(27-30-50(47)55)34-22-24-36(25-23-34)52-42-17-6-8-19-44(42)53(45-20-9-7-18-43(45)52)38-28-31-51-48(33-38)46-29-26-35-12-4-5-15-40(35)54(46)56-51;1-51(2)45-18-10-9-13-37(45)38-26-24-34(30-46(38)51)31-19-21-33(22-20-31)48-39-14-5-7-16-41(39)49(42-17-8-6-15-40(42)48)35-25-28-47-44(29-35)43-27-23-32-11-3-4-12-36(32)50(43)52-47/h1-33H;3-30H,1-2H3. The second kappa shape index (κ2) is 24.1. The molecule has 19 aromatic carbocycles. The van der Waals surface area contributed by atoms with Crippen molar-refractivity contribution in [3.63, 3.8) is 0 Å². The number of aromatic nitrogens is 1. The van der Waals surface area contributed by atoms with Gasteiger partial charge in [0.25, 0.3) is 0 Å². The Labute approximate surface area is 623 Å². The van der Waals surface area contributed by atoms with Gasteiger partial charge in [-0.1, -0.05) is 311 Å². The number of para-hydroxylation sites is 2. The third-order valence-corrected chi connectivity index (χ3v) is 23.4. The summed E-state index contributed by atoms with van der Waals surface area (Å²) in [6, 6.07) is 135. The molecule has 0 amide bonds. The van der Waals surface area contributed by atoms with Crippen molar-refractivity contribution in [2.45, 2.75) is 19.3 Å². The van der Waals surface area contributed by atoms with Crippen molar-refractivity contribution in [3.05, 3.63) is 381 Å². The molecule has 108 heavy (non-hydrogen) atoms. The Morgan fingerprint density at radius 2 is 0.565 bits per heavy atom. The molecule has 22 aromatic rings. The normalized spacial score (nSPS) is 12.6. The Kier molecular flexibility index (Phi) is 13.7. The molecule has 504 valence electrons. The fraction of sp³-hybridized carbons (Fsp3) is 0.0286. The quantitative estimate of drug-likeness (QED) is 0.149. The summed E-state index contributed by atoms with van der Waals surface area (Å²) in [5.74, 6) is 0. The van der Waals surface area contributed by atoms with Gasteiger partial charge < -0.3 is 13.4 Å². The van der Waals surface area contributed by atoms with E-state index < -0.39 is 0 Å². The van der Waals surface area contributed by atoms with Gasteiger partial charge in [-0.05, 0) is 216 Å². The van der Waals surface area contributed by atoms with E-state index in [0.29, 0.717) is 0 Å². The summed E-state index contributed by atoms with van der Waals surface area (Å²) < 4.78 is 15.4. The maximum Gasteiger partial charge on any atom is 0.143 e.